The molecule has 0 aliphatic carbocycles. The van der Waals surface area contributed by atoms with Crippen molar-refractivity contribution in [3.05, 3.63) is 23.8 Å². The second-order valence-corrected chi connectivity index (χ2v) is 6.47. The Morgan fingerprint density at radius 3 is 2.46 bits per heavy atom. The number of rotatable bonds is 7. The molecule has 0 aromatic heterocycles. The summed E-state index contributed by atoms with van der Waals surface area (Å²) in [6.07, 6.45) is 2.03. The van der Waals surface area contributed by atoms with Crippen LogP contribution in [0, 0.1) is 5.92 Å². The number of methoxy groups -OCH3 is 2. The predicted molar refractivity (Wildman–Crippen MR) is 95.5 cm³/mol. The van der Waals surface area contributed by atoms with Gasteiger partial charge < -0.3 is 14.4 Å². The van der Waals surface area contributed by atoms with Gasteiger partial charge in [-0.2, -0.15) is 0 Å². The van der Waals surface area contributed by atoms with E-state index in [9.17, 15) is 4.79 Å². The normalized spacial score (nSPS) is 16.8. The molecular weight excluding hydrogens is 304 g/mol. The molecule has 1 aromatic carbocycles. The molecule has 5 nitrogen and oxygen atoms in total. The lowest BCUT2D eigenvalue weighted by Crippen LogP contribution is -2.49. The molecule has 1 atom stereocenters. The van der Waals surface area contributed by atoms with Crippen LogP contribution < -0.4 is 9.47 Å². The molecule has 0 spiro atoms. The third kappa shape index (κ3) is 4.63. The third-order valence-electron chi connectivity index (χ3n) is 4.71. The van der Waals surface area contributed by atoms with E-state index in [1.165, 1.54) is 0 Å². The molecule has 1 saturated heterocycles. The van der Waals surface area contributed by atoms with Crippen molar-refractivity contribution in [3.8, 4) is 11.5 Å². The van der Waals surface area contributed by atoms with E-state index >= 15 is 0 Å². The maximum absolute atomic E-state index is 12.4. The molecular formula is C19H30N2O3. The average molecular weight is 334 g/mol. The lowest BCUT2D eigenvalue weighted by atomic mass is 10.0. The van der Waals surface area contributed by atoms with Gasteiger partial charge in [-0.05, 0) is 24.6 Å². The largest absolute Gasteiger partial charge is 0.497 e. The molecule has 1 fully saturated rings. The molecule has 1 heterocycles. The highest BCUT2D eigenvalue weighted by atomic mass is 16.5. The third-order valence-corrected chi connectivity index (χ3v) is 4.71. The molecule has 0 radical (unpaired) electrons. The maximum Gasteiger partial charge on any atom is 0.225 e. The summed E-state index contributed by atoms with van der Waals surface area (Å²) < 4.78 is 10.8. The molecule has 0 saturated carbocycles. The van der Waals surface area contributed by atoms with Crippen molar-refractivity contribution in [1.29, 1.82) is 0 Å². The van der Waals surface area contributed by atoms with Crippen LogP contribution in [0.1, 0.15) is 32.3 Å². The first-order valence-corrected chi connectivity index (χ1v) is 8.81. The van der Waals surface area contributed by atoms with Crippen molar-refractivity contribution in [3.63, 3.8) is 0 Å². The average Bonchev–Trinajstić information content (AvgIpc) is 2.62. The minimum absolute atomic E-state index is 0.139. The Morgan fingerprint density at radius 1 is 1.17 bits per heavy atom. The van der Waals surface area contributed by atoms with Gasteiger partial charge in [-0.3, -0.25) is 9.69 Å². The highest BCUT2D eigenvalue weighted by molar-refractivity contribution is 5.78. The standard InChI is InChI=1S/C19H30N2O3/c1-5-6-15(2)19(22)21-11-9-20(10-12-21)14-16-13-17(23-3)7-8-18(16)24-4/h7-8,13,15H,5-6,9-12,14H2,1-4H3/t15-/m1/s1. The fraction of sp³-hybridized carbons (Fsp3) is 0.632. The van der Waals surface area contributed by atoms with Gasteiger partial charge in [0.15, 0.2) is 0 Å². The Balaban J connectivity index is 1.92. The monoisotopic (exact) mass is 334 g/mol. The number of carbonyl (C=O) groups is 1. The number of amides is 1. The lowest BCUT2D eigenvalue weighted by molar-refractivity contribution is -0.137. The van der Waals surface area contributed by atoms with Crippen LogP contribution in [0.5, 0.6) is 11.5 Å². The number of carbonyl (C=O) groups excluding carboxylic acids is 1. The SMILES string of the molecule is CCC[C@@H](C)C(=O)N1CCN(Cc2cc(OC)ccc2OC)CC1. The number of hydrogen-bond donors (Lipinski definition) is 0. The Morgan fingerprint density at radius 2 is 1.88 bits per heavy atom. The molecule has 134 valence electrons. The highest BCUT2D eigenvalue weighted by Gasteiger charge is 2.24. The molecule has 0 bridgehead atoms. The first-order chi connectivity index (χ1) is 11.6. The fourth-order valence-corrected chi connectivity index (χ4v) is 3.24. The number of benzene rings is 1. The summed E-state index contributed by atoms with van der Waals surface area (Å²) in [4.78, 5) is 16.8. The van der Waals surface area contributed by atoms with Crippen molar-refractivity contribution in [2.24, 2.45) is 5.92 Å². The topological polar surface area (TPSA) is 42.0 Å². The summed E-state index contributed by atoms with van der Waals surface area (Å²) in [5, 5.41) is 0. The second-order valence-electron chi connectivity index (χ2n) is 6.47. The van der Waals surface area contributed by atoms with Crippen molar-refractivity contribution in [1.82, 2.24) is 9.80 Å². The summed E-state index contributed by atoms with van der Waals surface area (Å²) in [5.74, 6) is 2.16. The van der Waals surface area contributed by atoms with Crippen molar-refractivity contribution < 1.29 is 14.3 Å². The van der Waals surface area contributed by atoms with Gasteiger partial charge in [0, 0.05) is 44.2 Å². The minimum atomic E-state index is 0.139. The molecule has 2 rings (SSSR count). The van der Waals surface area contributed by atoms with Gasteiger partial charge in [-0.1, -0.05) is 20.3 Å². The van der Waals surface area contributed by atoms with Crippen LogP contribution in [0.25, 0.3) is 0 Å². The molecule has 1 aliphatic rings. The van der Waals surface area contributed by atoms with Crippen LogP contribution in [0.4, 0.5) is 0 Å². The van der Waals surface area contributed by atoms with E-state index in [1.54, 1.807) is 14.2 Å². The smallest absolute Gasteiger partial charge is 0.225 e. The van der Waals surface area contributed by atoms with E-state index in [2.05, 4.69) is 11.8 Å². The van der Waals surface area contributed by atoms with E-state index in [4.69, 9.17) is 9.47 Å². The summed E-state index contributed by atoms with van der Waals surface area (Å²) in [6.45, 7) is 8.38. The summed E-state index contributed by atoms with van der Waals surface area (Å²) in [7, 11) is 3.37. The van der Waals surface area contributed by atoms with Crippen molar-refractivity contribution in [2.75, 3.05) is 40.4 Å². The van der Waals surface area contributed by atoms with E-state index in [0.717, 1.165) is 62.6 Å². The van der Waals surface area contributed by atoms with Crippen molar-refractivity contribution in [2.45, 2.75) is 33.2 Å². The van der Waals surface area contributed by atoms with Gasteiger partial charge in [-0.15, -0.1) is 0 Å². The Kier molecular flexibility index (Phi) is 6.91. The van der Waals surface area contributed by atoms with Gasteiger partial charge in [-0.25, -0.2) is 0 Å². The zero-order chi connectivity index (χ0) is 17.5. The summed E-state index contributed by atoms with van der Waals surface area (Å²) in [6, 6.07) is 5.88. The fourth-order valence-electron chi connectivity index (χ4n) is 3.24. The Bertz CT molecular complexity index is 539. The predicted octanol–water partition coefficient (Wildman–Crippen LogP) is 2.78. The van der Waals surface area contributed by atoms with Crippen molar-refractivity contribution >= 4 is 5.91 Å². The number of ether oxygens (including phenoxy) is 2. The minimum Gasteiger partial charge on any atom is -0.497 e. The number of nitrogens with zero attached hydrogens (tertiary/aromatic N) is 2. The van der Waals surface area contributed by atoms with Crippen LogP contribution >= 0.6 is 0 Å². The van der Waals surface area contributed by atoms with E-state index in [-0.39, 0.29) is 5.92 Å². The maximum atomic E-state index is 12.4. The first kappa shape index (κ1) is 18.6. The summed E-state index contributed by atoms with van der Waals surface area (Å²) in [5.41, 5.74) is 1.12. The van der Waals surface area contributed by atoms with Gasteiger partial charge in [0.25, 0.3) is 0 Å². The number of hydrogen-bond acceptors (Lipinski definition) is 4. The molecule has 1 aliphatic heterocycles. The second kappa shape index (κ2) is 8.92. The first-order valence-electron chi connectivity index (χ1n) is 8.81. The quantitative estimate of drug-likeness (QED) is 0.769. The molecule has 0 unspecified atom stereocenters. The Labute approximate surface area is 145 Å². The molecule has 1 amide bonds. The molecule has 1 aromatic rings. The van der Waals surface area contributed by atoms with Gasteiger partial charge in [0.1, 0.15) is 11.5 Å². The Hall–Kier alpha value is -1.75. The molecule has 0 N–H and O–H groups in total. The highest BCUT2D eigenvalue weighted by Crippen LogP contribution is 2.25. The zero-order valence-electron chi connectivity index (χ0n) is 15.4. The van der Waals surface area contributed by atoms with E-state index in [0.29, 0.717) is 5.91 Å². The van der Waals surface area contributed by atoms with Crippen LogP contribution in [0.15, 0.2) is 18.2 Å². The number of piperazine rings is 1. The van der Waals surface area contributed by atoms with Crippen LogP contribution in [0.3, 0.4) is 0 Å². The van der Waals surface area contributed by atoms with E-state index < -0.39 is 0 Å². The van der Waals surface area contributed by atoms with Gasteiger partial charge in [0.05, 0.1) is 14.2 Å². The van der Waals surface area contributed by atoms with Gasteiger partial charge in [0.2, 0.25) is 5.91 Å². The molecule has 5 heteroatoms. The van der Waals surface area contributed by atoms with Crippen LogP contribution in [-0.4, -0.2) is 56.1 Å². The van der Waals surface area contributed by atoms with Crippen LogP contribution in [0.2, 0.25) is 0 Å². The molecule has 24 heavy (non-hydrogen) atoms. The summed E-state index contributed by atoms with van der Waals surface area (Å²) >= 11 is 0. The van der Waals surface area contributed by atoms with Gasteiger partial charge >= 0.3 is 0 Å². The lowest BCUT2D eigenvalue weighted by Gasteiger charge is -2.36. The van der Waals surface area contributed by atoms with Crippen LogP contribution in [-0.2, 0) is 11.3 Å². The van der Waals surface area contributed by atoms with E-state index in [1.807, 2.05) is 30.0 Å². The zero-order valence-corrected chi connectivity index (χ0v) is 15.4.